The third-order valence-corrected chi connectivity index (χ3v) is 2.88. The minimum Gasteiger partial charge on any atom is -0.299 e. The van der Waals surface area contributed by atoms with Crippen LogP contribution in [0.3, 0.4) is 0 Å². The number of carbonyl (C=O) groups excluding carboxylic acids is 1. The molecule has 0 aromatic rings. The van der Waals surface area contributed by atoms with E-state index in [0.717, 1.165) is 12.8 Å². The van der Waals surface area contributed by atoms with Crippen molar-refractivity contribution in [3.63, 3.8) is 0 Å². The van der Waals surface area contributed by atoms with Crippen LogP contribution < -0.4 is 0 Å². The standard InChI is InChI=1S/C11H20O/c1-8(2)7-11(12)10-6-4-5-9(10)3/h8-10H,4-7H2,1-3H3. The molecular formula is C11H20O. The molecule has 0 amide bonds. The largest absolute Gasteiger partial charge is 0.299 e. The third kappa shape index (κ3) is 2.33. The summed E-state index contributed by atoms with van der Waals surface area (Å²) < 4.78 is 0. The Morgan fingerprint density at radius 2 is 2.08 bits per heavy atom. The Bertz CT molecular complexity index is 160. The Kier molecular flexibility index (Phi) is 3.30. The lowest BCUT2D eigenvalue weighted by molar-refractivity contribution is -0.124. The highest BCUT2D eigenvalue weighted by molar-refractivity contribution is 5.81. The van der Waals surface area contributed by atoms with Crippen LogP contribution >= 0.6 is 0 Å². The average molecular weight is 168 g/mol. The Morgan fingerprint density at radius 1 is 1.42 bits per heavy atom. The van der Waals surface area contributed by atoms with Crippen molar-refractivity contribution in [3.8, 4) is 0 Å². The van der Waals surface area contributed by atoms with Crippen LogP contribution in [-0.4, -0.2) is 5.78 Å². The van der Waals surface area contributed by atoms with Crippen molar-refractivity contribution in [1.82, 2.24) is 0 Å². The fourth-order valence-corrected chi connectivity index (χ4v) is 2.18. The van der Waals surface area contributed by atoms with Crippen molar-refractivity contribution >= 4 is 5.78 Å². The molecule has 0 aromatic heterocycles. The van der Waals surface area contributed by atoms with Gasteiger partial charge in [0.2, 0.25) is 0 Å². The molecule has 2 unspecified atom stereocenters. The van der Waals surface area contributed by atoms with Gasteiger partial charge in [-0.1, -0.05) is 27.2 Å². The minimum absolute atomic E-state index is 0.396. The molecule has 0 saturated heterocycles. The minimum atomic E-state index is 0.396. The predicted octanol–water partition coefficient (Wildman–Crippen LogP) is 3.04. The summed E-state index contributed by atoms with van der Waals surface area (Å²) in [6, 6.07) is 0. The number of hydrogen-bond donors (Lipinski definition) is 0. The summed E-state index contributed by atoms with van der Waals surface area (Å²) in [6.07, 6.45) is 4.45. The van der Waals surface area contributed by atoms with Crippen LogP contribution in [0.4, 0.5) is 0 Å². The molecule has 0 spiro atoms. The molecule has 1 fully saturated rings. The Hall–Kier alpha value is -0.330. The van der Waals surface area contributed by atoms with Crippen molar-refractivity contribution < 1.29 is 4.79 Å². The fourth-order valence-electron chi connectivity index (χ4n) is 2.18. The van der Waals surface area contributed by atoms with E-state index in [1.54, 1.807) is 0 Å². The summed E-state index contributed by atoms with van der Waals surface area (Å²) in [7, 11) is 0. The van der Waals surface area contributed by atoms with Gasteiger partial charge in [-0.25, -0.2) is 0 Å². The van der Waals surface area contributed by atoms with E-state index in [2.05, 4.69) is 20.8 Å². The molecule has 1 saturated carbocycles. The highest BCUT2D eigenvalue weighted by Gasteiger charge is 2.29. The molecule has 0 aromatic carbocycles. The average Bonchev–Trinajstić information content (AvgIpc) is 2.33. The van der Waals surface area contributed by atoms with Crippen LogP contribution in [0, 0.1) is 17.8 Å². The highest BCUT2D eigenvalue weighted by atomic mass is 16.1. The van der Waals surface area contributed by atoms with Gasteiger partial charge in [0, 0.05) is 12.3 Å². The van der Waals surface area contributed by atoms with E-state index in [-0.39, 0.29) is 0 Å². The van der Waals surface area contributed by atoms with Gasteiger partial charge in [-0.2, -0.15) is 0 Å². The van der Waals surface area contributed by atoms with Crippen LogP contribution in [0.2, 0.25) is 0 Å². The highest BCUT2D eigenvalue weighted by Crippen LogP contribution is 2.33. The second-order valence-electron chi connectivity index (χ2n) is 4.58. The van der Waals surface area contributed by atoms with Gasteiger partial charge >= 0.3 is 0 Å². The Morgan fingerprint density at radius 3 is 2.50 bits per heavy atom. The van der Waals surface area contributed by atoms with Gasteiger partial charge < -0.3 is 0 Å². The molecule has 0 bridgehead atoms. The molecule has 0 N–H and O–H groups in total. The Labute approximate surface area is 75.5 Å². The van der Waals surface area contributed by atoms with Gasteiger partial charge in [0.15, 0.2) is 0 Å². The number of hydrogen-bond acceptors (Lipinski definition) is 1. The SMILES string of the molecule is CC(C)CC(=O)C1CCCC1C. The van der Waals surface area contributed by atoms with Crippen molar-refractivity contribution in [2.45, 2.75) is 46.5 Å². The summed E-state index contributed by atoms with van der Waals surface area (Å²) >= 11 is 0. The molecule has 1 rings (SSSR count). The van der Waals surface area contributed by atoms with Gasteiger partial charge in [0.1, 0.15) is 5.78 Å². The first-order chi connectivity index (χ1) is 5.61. The molecule has 1 aliphatic carbocycles. The topological polar surface area (TPSA) is 17.1 Å². The van der Waals surface area contributed by atoms with Gasteiger partial charge in [0.25, 0.3) is 0 Å². The van der Waals surface area contributed by atoms with E-state index in [9.17, 15) is 4.79 Å². The zero-order chi connectivity index (χ0) is 9.14. The quantitative estimate of drug-likeness (QED) is 0.633. The van der Waals surface area contributed by atoms with Crippen molar-refractivity contribution in [2.24, 2.45) is 17.8 Å². The molecule has 0 aliphatic heterocycles. The molecule has 0 radical (unpaired) electrons. The van der Waals surface area contributed by atoms with Crippen LogP contribution in [0.1, 0.15) is 46.5 Å². The van der Waals surface area contributed by atoms with E-state index < -0.39 is 0 Å². The lowest BCUT2D eigenvalue weighted by Crippen LogP contribution is -2.18. The van der Waals surface area contributed by atoms with Crippen molar-refractivity contribution in [2.75, 3.05) is 0 Å². The number of carbonyl (C=O) groups is 1. The number of rotatable bonds is 3. The van der Waals surface area contributed by atoms with Crippen LogP contribution in [0.15, 0.2) is 0 Å². The second kappa shape index (κ2) is 4.06. The van der Waals surface area contributed by atoms with E-state index in [0.29, 0.717) is 23.5 Å². The summed E-state index contributed by atoms with van der Waals surface area (Å²) in [5.41, 5.74) is 0. The lowest BCUT2D eigenvalue weighted by atomic mass is 9.89. The molecule has 12 heavy (non-hydrogen) atoms. The maximum absolute atomic E-state index is 11.7. The molecule has 2 atom stereocenters. The summed E-state index contributed by atoms with van der Waals surface area (Å²) in [4.78, 5) is 11.7. The van der Waals surface area contributed by atoms with E-state index in [4.69, 9.17) is 0 Å². The van der Waals surface area contributed by atoms with Crippen molar-refractivity contribution in [1.29, 1.82) is 0 Å². The zero-order valence-electron chi connectivity index (χ0n) is 8.47. The zero-order valence-corrected chi connectivity index (χ0v) is 8.47. The molecule has 0 heterocycles. The summed E-state index contributed by atoms with van der Waals surface area (Å²) in [5, 5.41) is 0. The first kappa shape index (κ1) is 9.76. The number of Topliss-reactive ketones (excluding diaryl/α,β-unsaturated/α-hetero) is 1. The molecule has 70 valence electrons. The fraction of sp³-hybridized carbons (Fsp3) is 0.909. The van der Waals surface area contributed by atoms with E-state index >= 15 is 0 Å². The van der Waals surface area contributed by atoms with Crippen molar-refractivity contribution in [3.05, 3.63) is 0 Å². The maximum atomic E-state index is 11.7. The predicted molar refractivity (Wildman–Crippen MR) is 51.0 cm³/mol. The van der Waals surface area contributed by atoms with Crippen LogP contribution in [-0.2, 0) is 4.79 Å². The lowest BCUT2D eigenvalue weighted by Gasteiger charge is -2.14. The van der Waals surface area contributed by atoms with Gasteiger partial charge in [-0.05, 0) is 24.7 Å². The van der Waals surface area contributed by atoms with Gasteiger partial charge in [-0.3, -0.25) is 4.79 Å². The van der Waals surface area contributed by atoms with Gasteiger partial charge in [-0.15, -0.1) is 0 Å². The molecular weight excluding hydrogens is 148 g/mol. The Balaban J connectivity index is 2.41. The van der Waals surface area contributed by atoms with E-state index in [1.807, 2.05) is 0 Å². The number of ketones is 1. The first-order valence-corrected chi connectivity index (χ1v) is 5.14. The first-order valence-electron chi connectivity index (χ1n) is 5.14. The van der Waals surface area contributed by atoms with E-state index in [1.165, 1.54) is 12.8 Å². The molecule has 1 nitrogen and oxygen atoms in total. The molecule has 1 heteroatoms. The normalized spacial score (nSPS) is 29.7. The third-order valence-electron chi connectivity index (χ3n) is 2.88. The van der Waals surface area contributed by atoms with Crippen LogP contribution in [0.25, 0.3) is 0 Å². The second-order valence-corrected chi connectivity index (χ2v) is 4.58. The summed E-state index contributed by atoms with van der Waals surface area (Å²) in [5.74, 6) is 2.09. The monoisotopic (exact) mass is 168 g/mol. The summed E-state index contributed by atoms with van der Waals surface area (Å²) in [6.45, 7) is 6.46. The maximum Gasteiger partial charge on any atom is 0.136 e. The van der Waals surface area contributed by atoms with Crippen LogP contribution in [0.5, 0.6) is 0 Å². The smallest absolute Gasteiger partial charge is 0.136 e. The van der Waals surface area contributed by atoms with Gasteiger partial charge in [0.05, 0.1) is 0 Å². The molecule has 1 aliphatic rings.